The summed E-state index contributed by atoms with van der Waals surface area (Å²) in [6, 6.07) is 8.44. The van der Waals surface area contributed by atoms with Gasteiger partial charge in [-0.05, 0) is 35.9 Å². The number of piperidine rings is 1. The molecule has 36 heavy (non-hydrogen) atoms. The van der Waals surface area contributed by atoms with Gasteiger partial charge in [-0.2, -0.15) is 0 Å². The summed E-state index contributed by atoms with van der Waals surface area (Å²) < 4.78 is 27.6. The highest BCUT2D eigenvalue weighted by atomic mass is 16.6. The Kier molecular flexibility index (Phi) is 7.19. The SMILES string of the molecule is COc1cc(/C=C/C(=O)N2CCC3(CC2)CC(=O)c2ccc(OC)c(OC)c2O3)ccc1OC(C)=O. The molecule has 0 bridgehead atoms. The third kappa shape index (κ3) is 5.00. The zero-order valence-corrected chi connectivity index (χ0v) is 20.8. The maximum Gasteiger partial charge on any atom is 0.308 e. The highest BCUT2D eigenvalue weighted by molar-refractivity contribution is 6.01. The number of Topliss-reactive ketones (excluding diaryl/α,β-unsaturated/α-hetero) is 1. The fourth-order valence-electron chi connectivity index (χ4n) is 4.57. The minimum Gasteiger partial charge on any atom is -0.493 e. The van der Waals surface area contributed by atoms with Gasteiger partial charge in [-0.1, -0.05) is 6.07 Å². The topological polar surface area (TPSA) is 101 Å². The van der Waals surface area contributed by atoms with E-state index in [1.807, 2.05) is 0 Å². The largest absolute Gasteiger partial charge is 0.493 e. The molecule has 0 radical (unpaired) electrons. The number of amides is 1. The van der Waals surface area contributed by atoms with Gasteiger partial charge in [-0.25, -0.2) is 0 Å². The number of likely N-dealkylation sites (tertiary alicyclic amines) is 1. The van der Waals surface area contributed by atoms with E-state index in [4.69, 9.17) is 23.7 Å². The molecule has 0 N–H and O–H groups in total. The Hall–Kier alpha value is -4.01. The maximum atomic E-state index is 12.9. The van der Waals surface area contributed by atoms with E-state index in [0.717, 1.165) is 5.56 Å². The predicted molar refractivity (Wildman–Crippen MR) is 131 cm³/mol. The first-order valence-electron chi connectivity index (χ1n) is 11.6. The molecule has 4 rings (SSSR count). The molecule has 2 aliphatic heterocycles. The number of hydrogen-bond acceptors (Lipinski definition) is 8. The standard InChI is InChI=1S/C27H29NO8/c1-17(29)35-21-8-5-18(15-23(21)33-3)6-10-24(31)28-13-11-27(12-14-28)16-20(30)19-7-9-22(32-2)26(34-4)25(19)36-27/h5-10,15H,11-14,16H2,1-4H3/b10-6+. The molecule has 0 atom stereocenters. The first-order chi connectivity index (χ1) is 17.3. The summed E-state index contributed by atoms with van der Waals surface area (Å²) in [5.74, 6) is 1.41. The molecule has 1 amide bonds. The van der Waals surface area contributed by atoms with Gasteiger partial charge < -0.3 is 28.6 Å². The Bertz CT molecular complexity index is 1210. The van der Waals surface area contributed by atoms with E-state index in [1.165, 1.54) is 34.3 Å². The second kappa shape index (κ2) is 10.3. The molecular weight excluding hydrogens is 466 g/mol. The molecule has 2 aromatic rings. The van der Waals surface area contributed by atoms with E-state index in [1.54, 1.807) is 41.3 Å². The van der Waals surface area contributed by atoms with Crippen molar-refractivity contribution in [3.63, 3.8) is 0 Å². The van der Waals surface area contributed by atoms with E-state index < -0.39 is 11.6 Å². The van der Waals surface area contributed by atoms with Crippen molar-refractivity contribution in [2.24, 2.45) is 0 Å². The van der Waals surface area contributed by atoms with Crippen molar-refractivity contribution in [3.05, 3.63) is 47.5 Å². The lowest BCUT2D eigenvalue weighted by molar-refractivity contribution is -0.132. The lowest BCUT2D eigenvalue weighted by Gasteiger charge is -2.44. The summed E-state index contributed by atoms with van der Waals surface area (Å²) in [5, 5.41) is 0. The van der Waals surface area contributed by atoms with Crippen LogP contribution in [0.2, 0.25) is 0 Å². The van der Waals surface area contributed by atoms with Crippen LogP contribution in [0, 0.1) is 0 Å². The number of hydrogen-bond donors (Lipinski definition) is 0. The van der Waals surface area contributed by atoms with Crippen LogP contribution in [-0.2, 0) is 9.59 Å². The number of ketones is 1. The third-order valence-electron chi connectivity index (χ3n) is 6.45. The summed E-state index contributed by atoms with van der Waals surface area (Å²) in [6.45, 7) is 2.22. The number of nitrogens with zero attached hydrogens (tertiary/aromatic N) is 1. The Balaban J connectivity index is 1.43. The van der Waals surface area contributed by atoms with Crippen LogP contribution >= 0.6 is 0 Å². The summed E-state index contributed by atoms with van der Waals surface area (Å²) in [6.07, 6.45) is 4.46. The zero-order chi connectivity index (χ0) is 25.9. The Labute approximate surface area is 209 Å². The number of esters is 1. The Morgan fingerprint density at radius 1 is 0.972 bits per heavy atom. The molecular formula is C27H29NO8. The highest BCUT2D eigenvalue weighted by Crippen LogP contribution is 2.47. The Morgan fingerprint density at radius 2 is 1.67 bits per heavy atom. The van der Waals surface area contributed by atoms with E-state index in [-0.39, 0.29) is 18.1 Å². The van der Waals surface area contributed by atoms with Crippen molar-refractivity contribution in [3.8, 4) is 28.7 Å². The van der Waals surface area contributed by atoms with E-state index >= 15 is 0 Å². The van der Waals surface area contributed by atoms with Crippen LogP contribution < -0.4 is 23.7 Å². The number of carbonyl (C=O) groups excluding carboxylic acids is 3. The summed E-state index contributed by atoms with van der Waals surface area (Å²) in [5.41, 5.74) is 0.516. The van der Waals surface area contributed by atoms with Gasteiger partial charge in [0.15, 0.2) is 28.8 Å². The smallest absolute Gasteiger partial charge is 0.308 e. The fourth-order valence-corrected chi connectivity index (χ4v) is 4.57. The number of rotatable bonds is 6. The zero-order valence-electron chi connectivity index (χ0n) is 20.8. The molecule has 2 aliphatic rings. The van der Waals surface area contributed by atoms with Gasteiger partial charge in [0.25, 0.3) is 0 Å². The van der Waals surface area contributed by atoms with Gasteiger partial charge >= 0.3 is 5.97 Å². The van der Waals surface area contributed by atoms with Crippen molar-refractivity contribution < 1.29 is 38.1 Å². The number of fused-ring (bicyclic) bond motifs is 1. The fraction of sp³-hybridized carbons (Fsp3) is 0.370. The number of ether oxygens (including phenoxy) is 5. The van der Waals surface area contributed by atoms with E-state index in [0.29, 0.717) is 60.2 Å². The maximum absolute atomic E-state index is 12.9. The van der Waals surface area contributed by atoms with Crippen LogP contribution in [-0.4, -0.2) is 62.6 Å². The van der Waals surface area contributed by atoms with Crippen molar-refractivity contribution in [1.29, 1.82) is 0 Å². The molecule has 0 aliphatic carbocycles. The molecule has 2 heterocycles. The molecule has 0 unspecified atom stereocenters. The normalized spacial score (nSPS) is 16.3. The van der Waals surface area contributed by atoms with Gasteiger partial charge in [0.05, 0.1) is 33.3 Å². The van der Waals surface area contributed by atoms with Crippen LogP contribution in [0.15, 0.2) is 36.4 Å². The monoisotopic (exact) mass is 495 g/mol. The summed E-state index contributed by atoms with van der Waals surface area (Å²) in [7, 11) is 4.53. The molecule has 190 valence electrons. The van der Waals surface area contributed by atoms with E-state index in [9.17, 15) is 14.4 Å². The van der Waals surface area contributed by atoms with Gasteiger partial charge in [0.1, 0.15) is 5.60 Å². The average molecular weight is 496 g/mol. The molecule has 1 saturated heterocycles. The molecule has 0 aromatic heterocycles. The molecule has 1 fully saturated rings. The second-order valence-corrected chi connectivity index (χ2v) is 8.73. The van der Waals surface area contributed by atoms with Crippen LogP contribution in [0.5, 0.6) is 28.7 Å². The van der Waals surface area contributed by atoms with Crippen LogP contribution in [0.3, 0.4) is 0 Å². The molecule has 9 heteroatoms. The first-order valence-corrected chi connectivity index (χ1v) is 11.6. The lowest BCUT2D eigenvalue weighted by Crippen LogP contribution is -2.52. The minimum absolute atomic E-state index is 0.0111. The molecule has 2 aromatic carbocycles. The predicted octanol–water partition coefficient (Wildman–Crippen LogP) is 3.68. The lowest BCUT2D eigenvalue weighted by atomic mass is 9.82. The van der Waals surface area contributed by atoms with E-state index in [2.05, 4.69) is 0 Å². The quantitative estimate of drug-likeness (QED) is 0.340. The summed E-state index contributed by atoms with van der Waals surface area (Å²) >= 11 is 0. The van der Waals surface area contributed by atoms with Crippen LogP contribution in [0.1, 0.15) is 42.1 Å². The van der Waals surface area contributed by atoms with Crippen molar-refractivity contribution >= 4 is 23.7 Å². The Morgan fingerprint density at radius 3 is 2.31 bits per heavy atom. The number of carbonyl (C=O) groups is 3. The number of benzene rings is 2. The molecule has 1 spiro atoms. The van der Waals surface area contributed by atoms with Crippen LogP contribution in [0.4, 0.5) is 0 Å². The minimum atomic E-state index is -0.690. The third-order valence-corrected chi connectivity index (χ3v) is 6.45. The van der Waals surface area contributed by atoms with Gasteiger partial charge in [0.2, 0.25) is 11.7 Å². The van der Waals surface area contributed by atoms with Gasteiger partial charge in [-0.3, -0.25) is 14.4 Å². The van der Waals surface area contributed by atoms with Crippen molar-refractivity contribution in [2.75, 3.05) is 34.4 Å². The average Bonchev–Trinajstić information content (AvgIpc) is 2.87. The second-order valence-electron chi connectivity index (χ2n) is 8.73. The van der Waals surface area contributed by atoms with Gasteiger partial charge in [-0.15, -0.1) is 0 Å². The van der Waals surface area contributed by atoms with Crippen molar-refractivity contribution in [2.45, 2.75) is 31.8 Å². The van der Waals surface area contributed by atoms with Crippen LogP contribution in [0.25, 0.3) is 6.08 Å². The summed E-state index contributed by atoms with van der Waals surface area (Å²) in [4.78, 5) is 38.7. The van der Waals surface area contributed by atoms with Crippen molar-refractivity contribution in [1.82, 2.24) is 4.90 Å². The first kappa shape index (κ1) is 25.1. The molecule has 0 saturated carbocycles. The highest BCUT2D eigenvalue weighted by Gasteiger charge is 2.45. The van der Waals surface area contributed by atoms with Gasteiger partial charge in [0, 0.05) is 38.9 Å². The number of methoxy groups -OCH3 is 3. The molecule has 9 nitrogen and oxygen atoms in total.